The Morgan fingerprint density at radius 3 is 2.19 bits per heavy atom. The van der Waals surface area contributed by atoms with E-state index in [2.05, 4.69) is 10.0 Å². The van der Waals surface area contributed by atoms with Gasteiger partial charge in [-0.3, -0.25) is 4.79 Å². The van der Waals surface area contributed by atoms with Crippen LogP contribution in [-0.4, -0.2) is 26.5 Å². The third-order valence-electron chi connectivity index (χ3n) is 3.74. The average molecular weight is 391 g/mol. The van der Waals surface area contributed by atoms with Gasteiger partial charge in [0.2, 0.25) is 10.0 Å². The molecule has 2 rings (SSSR count). The Balaban J connectivity index is 1.95. The standard InChI is InChI=1S/C20H26N2O4S/c1-14-6-9-17(12-15(14)2)26-13-19(23)21-16-7-10-18(11-8-16)27(24,25)22-20(3,4)5/h6-12,22H,13H2,1-5H3,(H,21,23). The molecule has 6 nitrogen and oxygen atoms in total. The zero-order valence-electron chi connectivity index (χ0n) is 16.3. The predicted molar refractivity (Wildman–Crippen MR) is 107 cm³/mol. The number of aryl methyl sites for hydroxylation is 2. The summed E-state index contributed by atoms with van der Waals surface area (Å²) in [7, 11) is -3.60. The maximum atomic E-state index is 12.3. The summed E-state index contributed by atoms with van der Waals surface area (Å²) in [6.07, 6.45) is 0. The second-order valence-corrected chi connectivity index (χ2v) is 9.15. The molecular weight excluding hydrogens is 364 g/mol. The molecule has 0 bridgehead atoms. The van der Waals surface area contributed by atoms with Crippen LogP contribution in [-0.2, 0) is 14.8 Å². The summed E-state index contributed by atoms with van der Waals surface area (Å²) in [6, 6.07) is 11.6. The quantitative estimate of drug-likeness (QED) is 0.792. The number of sulfonamides is 1. The third-order valence-corrected chi connectivity index (χ3v) is 5.51. The Morgan fingerprint density at radius 2 is 1.63 bits per heavy atom. The molecule has 1 amide bonds. The SMILES string of the molecule is Cc1ccc(OCC(=O)Nc2ccc(S(=O)(=O)NC(C)(C)C)cc2)cc1C. The highest BCUT2D eigenvalue weighted by molar-refractivity contribution is 7.89. The maximum Gasteiger partial charge on any atom is 0.262 e. The normalized spacial score (nSPS) is 11.9. The number of rotatable bonds is 6. The van der Waals surface area contributed by atoms with E-state index in [1.807, 2.05) is 32.0 Å². The molecule has 0 atom stereocenters. The molecule has 7 heteroatoms. The Morgan fingerprint density at radius 1 is 1.00 bits per heavy atom. The first-order chi connectivity index (χ1) is 12.5. The molecule has 0 aliphatic rings. The van der Waals surface area contributed by atoms with Crippen LogP contribution >= 0.6 is 0 Å². The summed E-state index contributed by atoms with van der Waals surface area (Å²) in [4.78, 5) is 12.2. The highest BCUT2D eigenvalue weighted by Gasteiger charge is 2.21. The molecule has 0 unspecified atom stereocenters. The summed E-state index contributed by atoms with van der Waals surface area (Å²) in [5, 5.41) is 2.69. The number of carbonyl (C=O) groups is 1. The minimum absolute atomic E-state index is 0.131. The molecule has 0 aliphatic carbocycles. The van der Waals surface area contributed by atoms with Crippen molar-refractivity contribution in [3.8, 4) is 5.75 Å². The lowest BCUT2D eigenvalue weighted by Gasteiger charge is -2.20. The molecule has 0 saturated carbocycles. The second-order valence-electron chi connectivity index (χ2n) is 7.46. The lowest BCUT2D eigenvalue weighted by atomic mass is 10.1. The van der Waals surface area contributed by atoms with Crippen LogP contribution in [0.1, 0.15) is 31.9 Å². The minimum Gasteiger partial charge on any atom is -0.484 e. The number of ether oxygens (including phenoxy) is 1. The zero-order valence-corrected chi connectivity index (χ0v) is 17.1. The van der Waals surface area contributed by atoms with Crippen molar-refractivity contribution in [2.75, 3.05) is 11.9 Å². The second kappa shape index (κ2) is 8.10. The Labute approximate surface area is 161 Å². The van der Waals surface area contributed by atoms with Gasteiger partial charge in [0.15, 0.2) is 6.61 Å². The maximum absolute atomic E-state index is 12.3. The van der Waals surface area contributed by atoms with Gasteiger partial charge in [-0.1, -0.05) is 6.07 Å². The number of benzene rings is 2. The Bertz CT molecular complexity index is 914. The number of anilines is 1. The van der Waals surface area contributed by atoms with E-state index < -0.39 is 15.6 Å². The molecule has 0 heterocycles. The highest BCUT2D eigenvalue weighted by Crippen LogP contribution is 2.18. The summed E-state index contributed by atoms with van der Waals surface area (Å²) < 4.78 is 32.6. The summed E-state index contributed by atoms with van der Waals surface area (Å²) in [5.74, 6) is 0.305. The van der Waals surface area contributed by atoms with E-state index in [0.717, 1.165) is 11.1 Å². The van der Waals surface area contributed by atoms with Crippen LogP contribution in [0.5, 0.6) is 5.75 Å². The number of amides is 1. The monoisotopic (exact) mass is 390 g/mol. The zero-order chi connectivity index (χ0) is 20.2. The number of nitrogens with one attached hydrogen (secondary N) is 2. The third kappa shape index (κ3) is 6.37. The highest BCUT2D eigenvalue weighted by atomic mass is 32.2. The average Bonchev–Trinajstić information content (AvgIpc) is 2.54. The topological polar surface area (TPSA) is 84.5 Å². The summed E-state index contributed by atoms with van der Waals surface area (Å²) in [6.45, 7) is 9.17. The molecule has 2 aromatic rings. The van der Waals surface area contributed by atoms with Crippen molar-refractivity contribution in [2.24, 2.45) is 0 Å². The van der Waals surface area contributed by atoms with Crippen LogP contribution in [0.2, 0.25) is 0 Å². The van der Waals surface area contributed by atoms with E-state index in [1.165, 1.54) is 12.1 Å². The van der Waals surface area contributed by atoms with Gasteiger partial charge in [-0.15, -0.1) is 0 Å². The van der Waals surface area contributed by atoms with Gasteiger partial charge >= 0.3 is 0 Å². The Hall–Kier alpha value is -2.38. The molecule has 2 aromatic carbocycles. The van der Waals surface area contributed by atoms with Gasteiger partial charge in [0, 0.05) is 11.2 Å². The molecule has 0 radical (unpaired) electrons. The molecule has 146 valence electrons. The molecule has 0 spiro atoms. The van der Waals surface area contributed by atoms with E-state index in [1.54, 1.807) is 32.9 Å². The molecule has 27 heavy (non-hydrogen) atoms. The van der Waals surface area contributed by atoms with Crippen molar-refractivity contribution in [3.05, 3.63) is 53.6 Å². The first-order valence-corrected chi connectivity index (χ1v) is 10.1. The minimum atomic E-state index is -3.60. The molecule has 0 saturated heterocycles. The van der Waals surface area contributed by atoms with Crippen LogP contribution in [0.3, 0.4) is 0 Å². The van der Waals surface area contributed by atoms with Gasteiger partial charge in [-0.2, -0.15) is 0 Å². The van der Waals surface area contributed by atoms with Crippen LogP contribution in [0.25, 0.3) is 0 Å². The van der Waals surface area contributed by atoms with Crippen molar-refractivity contribution in [1.82, 2.24) is 4.72 Å². The van der Waals surface area contributed by atoms with Gasteiger partial charge in [0.25, 0.3) is 5.91 Å². The molecule has 0 fully saturated rings. The molecule has 0 aromatic heterocycles. The van der Waals surface area contributed by atoms with Crippen molar-refractivity contribution >= 4 is 21.6 Å². The molecular formula is C20H26N2O4S. The van der Waals surface area contributed by atoms with Crippen LogP contribution in [0.15, 0.2) is 47.4 Å². The van der Waals surface area contributed by atoms with Gasteiger partial charge in [0.05, 0.1) is 4.90 Å². The van der Waals surface area contributed by atoms with Gasteiger partial charge in [-0.05, 0) is 82.1 Å². The van der Waals surface area contributed by atoms with Crippen LogP contribution in [0.4, 0.5) is 5.69 Å². The van der Waals surface area contributed by atoms with Crippen molar-refractivity contribution < 1.29 is 17.9 Å². The summed E-state index contributed by atoms with van der Waals surface area (Å²) in [5.41, 5.74) is 2.17. The lowest BCUT2D eigenvalue weighted by Crippen LogP contribution is -2.40. The van der Waals surface area contributed by atoms with Crippen molar-refractivity contribution in [3.63, 3.8) is 0 Å². The largest absolute Gasteiger partial charge is 0.484 e. The van der Waals surface area contributed by atoms with E-state index in [9.17, 15) is 13.2 Å². The number of carbonyl (C=O) groups excluding carboxylic acids is 1. The van der Waals surface area contributed by atoms with E-state index >= 15 is 0 Å². The molecule has 2 N–H and O–H groups in total. The fourth-order valence-electron chi connectivity index (χ4n) is 2.33. The van der Waals surface area contributed by atoms with Crippen molar-refractivity contribution in [2.45, 2.75) is 45.1 Å². The Kier molecular flexibility index (Phi) is 6.28. The van der Waals surface area contributed by atoms with Crippen LogP contribution in [0, 0.1) is 13.8 Å². The fourth-order valence-corrected chi connectivity index (χ4v) is 3.75. The van der Waals surface area contributed by atoms with Crippen molar-refractivity contribution in [1.29, 1.82) is 0 Å². The fraction of sp³-hybridized carbons (Fsp3) is 0.350. The van der Waals surface area contributed by atoms with Crippen LogP contribution < -0.4 is 14.8 Å². The number of hydrogen-bond acceptors (Lipinski definition) is 4. The van der Waals surface area contributed by atoms with Gasteiger partial charge in [-0.25, -0.2) is 13.1 Å². The lowest BCUT2D eigenvalue weighted by molar-refractivity contribution is -0.118. The predicted octanol–water partition coefficient (Wildman–Crippen LogP) is 3.40. The van der Waals surface area contributed by atoms with Gasteiger partial charge in [0.1, 0.15) is 5.75 Å². The van der Waals surface area contributed by atoms with Gasteiger partial charge < -0.3 is 10.1 Å². The smallest absolute Gasteiger partial charge is 0.262 e. The van der Waals surface area contributed by atoms with E-state index in [4.69, 9.17) is 4.74 Å². The molecule has 0 aliphatic heterocycles. The first-order valence-electron chi connectivity index (χ1n) is 8.60. The summed E-state index contributed by atoms with van der Waals surface area (Å²) >= 11 is 0. The first kappa shape index (κ1) is 20.9. The van der Waals surface area contributed by atoms with E-state index in [0.29, 0.717) is 11.4 Å². The van der Waals surface area contributed by atoms with E-state index in [-0.39, 0.29) is 17.4 Å². The number of hydrogen-bond donors (Lipinski definition) is 2.